The number of anilines is 3. The summed E-state index contributed by atoms with van der Waals surface area (Å²) in [6, 6.07) is 12.3. The summed E-state index contributed by atoms with van der Waals surface area (Å²) in [5.74, 6) is 0. The number of benzene rings is 3. The van der Waals surface area contributed by atoms with E-state index >= 15 is 0 Å². The van der Waals surface area contributed by atoms with Gasteiger partial charge < -0.3 is 36.8 Å². The number of aliphatic hydroxyl groups excluding tert-OH is 1. The molecule has 22 heteroatoms. The maximum absolute atomic E-state index is 12.5. The number of hydrogen-bond donors (Lipinski definition) is 7. The second-order valence-electron chi connectivity index (χ2n) is 11.5. The highest BCUT2D eigenvalue weighted by molar-refractivity contribution is 5.47. The van der Waals surface area contributed by atoms with Crippen LogP contribution in [0, 0.1) is 0 Å². The van der Waals surface area contributed by atoms with Gasteiger partial charge in [0, 0.05) is 17.1 Å². The van der Waals surface area contributed by atoms with Crippen LogP contribution in [0.4, 0.5) is 82.9 Å². The Bertz CT molecular complexity index is 1560. The van der Waals surface area contributed by atoms with Crippen LogP contribution in [0.25, 0.3) is 0 Å². The van der Waals surface area contributed by atoms with E-state index in [2.05, 4.69) is 0 Å². The predicted octanol–water partition coefficient (Wildman–Crippen LogP) is 8.22. The van der Waals surface area contributed by atoms with E-state index in [0.29, 0.717) is 26.5 Å². The summed E-state index contributed by atoms with van der Waals surface area (Å²) in [6.07, 6.45) is -26.6. The summed E-state index contributed by atoms with van der Waals surface area (Å²) in [4.78, 5) is 0. The van der Waals surface area contributed by atoms with Gasteiger partial charge in [-0.15, -0.1) is 0 Å². The first-order valence-electron chi connectivity index (χ1n) is 14.3. The molecule has 300 valence electrons. The lowest BCUT2D eigenvalue weighted by atomic mass is 9.95. The second kappa shape index (κ2) is 16.5. The van der Waals surface area contributed by atoms with Crippen molar-refractivity contribution in [2.45, 2.75) is 74.7 Å². The number of halogens is 15. The average Bonchev–Trinajstić information content (AvgIpc) is 2.99. The summed E-state index contributed by atoms with van der Waals surface area (Å²) in [5, 5.41) is 40.4. The van der Waals surface area contributed by atoms with E-state index in [1.165, 1.54) is 12.1 Å². The Kier molecular flexibility index (Phi) is 14.6. The summed E-state index contributed by atoms with van der Waals surface area (Å²) >= 11 is 0. The standard InChI is InChI=1S/C11H11F6NO2.C11H11F6NO.C9H10F3NO/c1-9(20,11(15,16)17)6-2-4-7(5-3-6)18-8(19)10(12,13)14;1-9(19,11(15,16)17)7-2-4-8(5-3-7)18-6-10(12,13)14;1-8(14,9(10,11)12)6-2-4-7(13)5-3-6/h2-5,8,18-20H,1H3;2-5,18-19H,6H2,1H3;2-5,14H,13H2,1H3. The maximum Gasteiger partial charge on any atom is 0.433 e. The fourth-order valence-corrected chi connectivity index (χ4v) is 3.54. The Morgan fingerprint density at radius 1 is 0.509 bits per heavy atom. The third-order valence-corrected chi connectivity index (χ3v) is 7.13. The molecule has 0 amide bonds. The van der Waals surface area contributed by atoms with Crippen LogP contribution in [0.15, 0.2) is 72.8 Å². The largest absolute Gasteiger partial charge is 0.433 e. The quantitative estimate of drug-likeness (QED) is 0.0729. The van der Waals surface area contributed by atoms with Crippen molar-refractivity contribution in [1.29, 1.82) is 0 Å². The highest BCUT2D eigenvalue weighted by Crippen LogP contribution is 2.40. The zero-order valence-electron chi connectivity index (χ0n) is 27.2. The third kappa shape index (κ3) is 13.3. The van der Waals surface area contributed by atoms with Crippen LogP contribution in [0.1, 0.15) is 37.5 Å². The zero-order valence-corrected chi connectivity index (χ0v) is 27.2. The Morgan fingerprint density at radius 2 is 0.792 bits per heavy atom. The van der Waals surface area contributed by atoms with Gasteiger partial charge in [-0.05, 0) is 73.9 Å². The van der Waals surface area contributed by atoms with Crippen molar-refractivity contribution in [2.24, 2.45) is 0 Å². The molecule has 0 fully saturated rings. The minimum absolute atomic E-state index is 0.0130. The number of hydrogen-bond acceptors (Lipinski definition) is 7. The molecule has 0 aliphatic rings. The summed E-state index contributed by atoms with van der Waals surface area (Å²) in [5.41, 5.74) is -4.75. The molecule has 0 saturated carbocycles. The normalized spacial score (nSPS) is 16.6. The molecule has 8 N–H and O–H groups in total. The molecule has 0 aliphatic heterocycles. The number of nitrogens with two attached hydrogens (primary N) is 1. The summed E-state index contributed by atoms with van der Waals surface area (Å²) < 4.78 is 184. The van der Waals surface area contributed by atoms with E-state index in [-0.39, 0.29) is 16.9 Å². The van der Waals surface area contributed by atoms with Crippen LogP contribution in [-0.4, -0.2) is 64.1 Å². The van der Waals surface area contributed by atoms with E-state index in [9.17, 15) is 81.2 Å². The van der Waals surface area contributed by atoms with Crippen molar-refractivity contribution in [3.05, 3.63) is 89.5 Å². The van der Waals surface area contributed by atoms with Gasteiger partial charge in [-0.2, -0.15) is 65.9 Å². The second-order valence-corrected chi connectivity index (χ2v) is 11.5. The monoisotopic (exact) mass is 795 g/mol. The summed E-state index contributed by atoms with van der Waals surface area (Å²) in [6.45, 7) is 0.520. The Balaban J connectivity index is 0.000000404. The molecule has 0 spiro atoms. The van der Waals surface area contributed by atoms with Crippen LogP contribution in [-0.2, 0) is 16.8 Å². The van der Waals surface area contributed by atoms with Crippen molar-refractivity contribution in [3.8, 4) is 0 Å². The number of rotatable bonds is 7. The van der Waals surface area contributed by atoms with E-state index < -0.39 is 71.6 Å². The smallest absolute Gasteiger partial charge is 0.399 e. The molecular weight excluding hydrogens is 763 g/mol. The molecule has 3 aromatic rings. The predicted molar refractivity (Wildman–Crippen MR) is 161 cm³/mol. The molecular formula is C31H32F15N3O4. The molecule has 3 aromatic carbocycles. The van der Waals surface area contributed by atoms with E-state index in [1.54, 1.807) is 5.32 Å². The summed E-state index contributed by atoms with van der Waals surface area (Å²) in [7, 11) is 0. The third-order valence-electron chi connectivity index (χ3n) is 7.13. The van der Waals surface area contributed by atoms with Crippen LogP contribution in [0.5, 0.6) is 0 Å². The van der Waals surface area contributed by atoms with Gasteiger partial charge >= 0.3 is 30.9 Å². The number of nitrogens with one attached hydrogen (secondary N) is 2. The minimum atomic E-state index is -4.92. The van der Waals surface area contributed by atoms with Crippen molar-refractivity contribution >= 4 is 17.1 Å². The lowest BCUT2D eigenvalue weighted by Crippen LogP contribution is -2.39. The number of alkyl halides is 15. The van der Waals surface area contributed by atoms with Crippen LogP contribution >= 0.6 is 0 Å². The molecule has 0 heterocycles. The van der Waals surface area contributed by atoms with E-state index in [0.717, 1.165) is 60.7 Å². The molecule has 4 unspecified atom stereocenters. The minimum Gasteiger partial charge on any atom is -0.399 e. The first-order valence-corrected chi connectivity index (χ1v) is 14.3. The lowest BCUT2D eigenvalue weighted by Gasteiger charge is -2.27. The highest BCUT2D eigenvalue weighted by atomic mass is 19.4. The SMILES string of the molecule is CC(O)(c1ccc(N)cc1)C(F)(F)F.CC(O)(c1ccc(NC(O)C(F)(F)F)cc1)C(F)(F)F.CC(O)(c1ccc(NCC(F)(F)F)cc1)C(F)(F)F. The van der Waals surface area contributed by atoms with E-state index in [4.69, 9.17) is 10.8 Å². The molecule has 0 aromatic heterocycles. The molecule has 0 radical (unpaired) electrons. The van der Waals surface area contributed by atoms with Crippen LogP contribution in [0.3, 0.4) is 0 Å². The van der Waals surface area contributed by atoms with Crippen LogP contribution in [0.2, 0.25) is 0 Å². The molecule has 4 atom stereocenters. The maximum atomic E-state index is 12.5. The van der Waals surface area contributed by atoms with Crippen molar-refractivity contribution in [2.75, 3.05) is 22.9 Å². The van der Waals surface area contributed by atoms with E-state index in [1.807, 2.05) is 5.32 Å². The Labute approximate surface area is 290 Å². The Morgan fingerprint density at radius 3 is 1.06 bits per heavy atom. The molecule has 3 rings (SSSR count). The van der Waals surface area contributed by atoms with Gasteiger partial charge in [-0.1, -0.05) is 36.4 Å². The molecule has 0 aliphatic carbocycles. The zero-order chi connectivity index (χ0) is 41.6. The van der Waals surface area contributed by atoms with Gasteiger partial charge in [-0.3, -0.25) is 0 Å². The number of aliphatic hydroxyl groups is 4. The first-order chi connectivity index (χ1) is 23.5. The Hall–Kier alpha value is -4.15. The van der Waals surface area contributed by atoms with Gasteiger partial charge in [0.15, 0.2) is 16.8 Å². The van der Waals surface area contributed by atoms with Crippen molar-refractivity contribution < 1.29 is 86.3 Å². The topological polar surface area (TPSA) is 131 Å². The van der Waals surface area contributed by atoms with Gasteiger partial charge in [0.2, 0.25) is 6.23 Å². The van der Waals surface area contributed by atoms with Gasteiger partial charge in [0.1, 0.15) is 6.54 Å². The van der Waals surface area contributed by atoms with Crippen molar-refractivity contribution in [3.63, 3.8) is 0 Å². The number of nitrogen functional groups attached to an aromatic ring is 1. The lowest BCUT2D eigenvalue weighted by molar-refractivity contribution is -0.259. The average molecular weight is 796 g/mol. The molecule has 53 heavy (non-hydrogen) atoms. The van der Waals surface area contributed by atoms with Crippen LogP contribution < -0.4 is 16.4 Å². The van der Waals surface area contributed by atoms with Gasteiger partial charge in [0.05, 0.1) is 0 Å². The fraction of sp³-hybridized carbons (Fsp3) is 0.419. The van der Waals surface area contributed by atoms with Gasteiger partial charge in [0.25, 0.3) is 0 Å². The first kappa shape index (κ1) is 46.9. The van der Waals surface area contributed by atoms with Gasteiger partial charge in [-0.25, -0.2) is 0 Å². The highest BCUT2D eigenvalue weighted by Gasteiger charge is 2.52. The van der Waals surface area contributed by atoms with Crippen molar-refractivity contribution in [1.82, 2.24) is 0 Å². The molecule has 0 bridgehead atoms. The molecule has 7 nitrogen and oxygen atoms in total. The molecule has 0 saturated heterocycles. The fourth-order valence-electron chi connectivity index (χ4n) is 3.54.